The van der Waals surface area contributed by atoms with Crippen LogP contribution in [0.2, 0.25) is 0 Å². The van der Waals surface area contributed by atoms with Gasteiger partial charge in [-0.3, -0.25) is 4.90 Å². The second-order valence-corrected chi connectivity index (χ2v) is 9.63. The largest absolute Gasteiger partial charge is 0.310 e. The maximum atomic E-state index is 13.3. The van der Waals surface area contributed by atoms with E-state index in [0.717, 1.165) is 32.6 Å². The zero-order valence-corrected chi connectivity index (χ0v) is 19.8. The molecule has 0 spiro atoms. The van der Waals surface area contributed by atoms with Gasteiger partial charge in [0.1, 0.15) is 5.82 Å². The zero-order chi connectivity index (χ0) is 23.3. The molecule has 2 unspecified atom stereocenters. The van der Waals surface area contributed by atoms with Crippen molar-refractivity contribution in [2.45, 2.75) is 31.8 Å². The molecule has 1 aliphatic rings. The first-order valence-corrected chi connectivity index (χ1v) is 12.4. The summed E-state index contributed by atoms with van der Waals surface area (Å²) in [6, 6.07) is 33.4. The summed E-state index contributed by atoms with van der Waals surface area (Å²) in [6.07, 6.45) is 1.15. The Hall–Kier alpha value is -3.01. The molecule has 0 saturated carbocycles. The van der Waals surface area contributed by atoms with E-state index in [9.17, 15) is 4.39 Å². The summed E-state index contributed by atoms with van der Waals surface area (Å²) in [5.74, 6) is 0.878. The Bertz CT molecular complexity index is 1200. The molecule has 1 fully saturated rings. The number of nitrogens with one attached hydrogen (secondary N) is 1. The Morgan fingerprint density at radius 2 is 1.62 bits per heavy atom. The average molecular weight is 453 g/mol. The van der Waals surface area contributed by atoms with E-state index in [2.05, 4.69) is 89.9 Å². The van der Waals surface area contributed by atoms with E-state index in [1.54, 1.807) is 12.1 Å². The standard InChI is InChI=1S/C31H33FN2/c1-23(29-13-7-11-25-10-5-6-12-30(25)29)33-20-27-18-19-34(21-24-14-16-28(32)17-15-24)22-31(27)26-8-3-2-4-9-26/h2-17,23,27,31,33H,18-22H2,1H3/t23-,27?,31?/m1/s1. The van der Waals surface area contributed by atoms with Crippen LogP contribution in [-0.2, 0) is 6.54 Å². The second-order valence-electron chi connectivity index (χ2n) is 9.63. The molecule has 3 atom stereocenters. The maximum Gasteiger partial charge on any atom is 0.123 e. The van der Waals surface area contributed by atoms with Gasteiger partial charge >= 0.3 is 0 Å². The summed E-state index contributed by atoms with van der Waals surface area (Å²) in [5, 5.41) is 6.50. The Morgan fingerprint density at radius 3 is 2.44 bits per heavy atom. The van der Waals surface area contributed by atoms with Crippen molar-refractivity contribution in [1.29, 1.82) is 0 Å². The van der Waals surface area contributed by atoms with E-state index >= 15 is 0 Å². The Labute approximate surface area is 202 Å². The normalized spacial score (nSPS) is 19.8. The highest BCUT2D eigenvalue weighted by Crippen LogP contribution is 2.34. The quantitative estimate of drug-likeness (QED) is 0.327. The first-order chi connectivity index (χ1) is 16.7. The van der Waals surface area contributed by atoms with Gasteiger partial charge in [-0.15, -0.1) is 0 Å². The molecule has 1 aliphatic heterocycles. The van der Waals surface area contributed by atoms with Crippen molar-refractivity contribution in [3.63, 3.8) is 0 Å². The van der Waals surface area contributed by atoms with Crippen molar-refractivity contribution >= 4 is 10.8 Å². The van der Waals surface area contributed by atoms with E-state index in [-0.39, 0.29) is 5.82 Å². The fourth-order valence-electron chi connectivity index (χ4n) is 5.45. The van der Waals surface area contributed by atoms with Crippen molar-refractivity contribution in [3.8, 4) is 0 Å². The average Bonchev–Trinajstić information content (AvgIpc) is 2.89. The lowest BCUT2D eigenvalue weighted by Gasteiger charge is -2.39. The van der Waals surface area contributed by atoms with Gasteiger partial charge in [0, 0.05) is 25.0 Å². The Kier molecular flexibility index (Phi) is 7.03. The van der Waals surface area contributed by atoms with Crippen LogP contribution < -0.4 is 5.32 Å². The monoisotopic (exact) mass is 452 g/mol. The van der Waals surface area contributed by atoms with Gasteiger partial charge in [-0.05, 0) is 71.9 Å². The molecule has 1 saturated heterocycles. The number of hydrogen-bond donors (Lipinski definition) is 1. The molecule has 4 aromatic carbocycles. The van der Waals surface area contributed by atoms with E-state index < -0.39 is 0 Å². The lowest BCUT2D eigenvalue weighted by Crippen LogP contribution is -2.42. The summed E-state index contributed by atoms with van der Waals surface area (Å²) in [6.45, 7) is 6.24. The van der Waals surface area contributed by atoms with Crippen molar-refractivity contribution < 1.29 is 4.39 Å². The fraction of sp³-hybridized carbons (Fsp3) is 0.290. The molecule has 3 heteroatoms. The SMILES string of the molecule is C[C@@H](NCC1CCN(Cc2ccc(F)cc2)CC1c1ccccc1)c1cccc2ccccc12. The minimum Gasteiger partial charge on any atom is -0.310 e. The molecule has 4 aromatic rings. The van der Waals surface area contributed by atoms with Crippen molar-refractivity contribution in [1.82, 2.24) is 10.2 Å². The predicted octanol–water partition coefficient (Wildman–Crippen LogP) is 6.94. The summed E-state index contributed by atoms with van der Waals surface area (Å²) in [4.78, 5) is 2.52. The van der Waals surface area contributed by atoms with Crippen LogP contribution in [0.3, 0.4) is 0 Å². The minimum atomic E-state index is -0.170. The van der Waals surface area contributed by atoms with Gasteiger partial charge in [0.2, 0.25) is 0 Å². The highest BCUT2D eigenvalue weighted by atomic mass is 19.1. The number of likely N-dealkylation sites (tertiary alicyclic amines) is 1. The third-order valence-electron chi connectivity index (χ3n) is 7.36. The second kappa shape index (κ2) is 10.5. The topological polar surface area (TPSA) is 15.3 Å². The first-order valence-electron chi connectivity index (χ1n) is 12.4. The molecule has 34 heavy (non-hydrogen) atoms. The van der Waals surface area contributed by atoms with Crippen LogP contribution in [0, 0.1) is 11.7 Å². The lowest BCUT2D eigenvalue weighted by atomic mass is 9.80. The molecule has 1 heterocycles. The first kappa shape index (κ1) is 22.8. The van der Waals surface area contributed by atoms with E-state index in [1.165, 1.54) is 27.5 Å². The van der Waals surface area contributed by atoms with Gasteiger partial charge in [-0.25, -0.2) is 4.39 Å². The molecule has 174 valence electrons. The smallest absolute Gasteiger partial charge is 0.123 e. The molecule has 0 radical (unpaired) electrons. The summed E-state index contributed by atoms with van der Waals surface area (Å²) < 4.78 is 13.3. The van der Waals surface area contributed by atoms with Crippen LogP contribution in [0.15, 0.2) is 97.1 Å². The number of fused-ring (bicyclic) bond motifs is 1. The van der Waals surface area contributed by atoms with Crippen molar-refractivity contribution in [2.75, 3.05) is 19.6 Å². The number of rotatable bonds is 7. The van der Waals surface area contributed by atoms with E-state index in [4.69, 9.17) is 0 Å². The third-order valence-corrected chi connectivity index (χ3v) is 7.36. The van der Waals surface area contributed by atoms with Crippen LogP contribution in [0.5, 0.6) is 0 Å². The lowest BCUT2D eigenvalue weighted by molar-refractivity contribution is 0.148. The maximum absolute atomic E-state index is 13.3. The van der Waals surface area contributed by atoms with Gasteiger partial charge in [-0.1, -0.05) is 84.9 Å². The zero-order valence-electron chi connectivity index (χ0n) is 19.8. The molecule has 5 rings (SSSR count). The number of piperidine rings is 1. The molecule has 0 amide bonds. The van der Waals surface area contributed by atoms with Crippen LogP contribution in [-0.4, -0.2) is 24.5 Å². The van der Waals surface area contributed by atoms with Crippen LogP contribution in [0.1, 0.15) is 42.0 Å². The number of halogens is 1. The van der Waals surface area contributed by atoms with Gasteiger partial charge in [0.05, 0.1) is 0 Å². The summed E-state index contributed by atoms with van der Waals surface area (Å²) >= 11 is 0. The van der Waals surface area contributed by atoms with E-state index in [1.807, 2.05) is 12.1 Å². The number of nitrogens with zero attached hydrogens (tertiary/aromatic N) is 1. The Balaban J connectivity index is 1.29. The van der Waals surface area contributed by atoms with Crippen molar-refractivity contribution in [2.24, 2.45) is 5.92 Å². The van der Waals surface area contributed by atoms with Gasteiger partial charge in [-0.2, -0.15) is 0 Å². The summed E-state index contributed by atoms with van der Waals surface area (Å²) in [7, 11) is 0. The van der Waals surface area contributed by atoms with E-state index in [0.29, 0.717) is 17.9 Å². The number of benzene rings is 4. The van der Waals surface area contributed by atoms with Gasteiger partial charge in [0.15, 0.2) is 0 Å². The molecule has 0 aliphatic carbocycles. The van der Waals surface area contributed by atoms with Gasteiger partial charge < -0.3 is 5.32 Å². The Morgan fingerprint density at radius 1 is 0.882 bits per heavy atom. The highest BCUT2D eigenvalue weighted by molar-refractivity contribution is 5.86. The molecule has 0 aromatic heterocycles. The molecule has 2 nitrogen and oxygen atoms in total. The van der Waals surface area contributed by atoms with Crippen molar-refractivity contribution in [3.05, 3.63) is 120 Å². The minimum absolute atomic E-state index is 0.170. The van der Waals surface area contributed by atoms with Crippen LogP contribution in [0.25, 0.3) is 10.8 Å². The fourth-order valence-corrected chi connectivity index (χ4v) is 5.45. The van der Waals surface area contributed by atoms with Gasteiger partial charge in [0.25, 0.3) is 0 Å². The molecule has 1 N–H and O–H groups in total. The molecular formula is C31H33FN2. The van der Waals surface area contributed by atoms with Crippen LogP contribution >= 0.6 is 0 Å². The molecule has 0 bridgehead atoms. The summed E-state index contributed by atoms with van der Waals surface area (Å²) in [5.41, 5.74) is 3.95. The third kappa shape index (κ3) is 5.22. The number of hydrogen-bond acceptors (Lipinski definition) is 2. The predicted molar refractivity (Wildman–Crippen MR) is 139 cm³/mol. The molecular weight excluding hydrogens is 419 g/mol. The van der Waals surface area contributed by atoms with Crippen LogP contribution in [0.4, 0.5) is 4.39 Å². The highest BCUT2D eigenvalue weighted by Gasteiger charge is 2.30.